The topological polar surface area (TPSA) is 43.1 Å². The van der Waals surface area contributed by atoms with Crippen LogP contribution in [0.3, 0.4) is 0 Å². The van der Waals surface area contributed by atoms with Crippen LogP contribution in [0.15, 0.2) is 17.5 Å². The smallest absolute Gasteiger partial charge is 0.258 e. The SMILES string of the molecule is O=[N+]([O-])c1ccc(I)c2scc(I)c12. The van der Waals surface area contributed by atoms with Gasteiger partial charge in [0.25, 0.3) is 5.69 Å². The summed E-state index contributed by atoms with van der Waals surface area (Å²) in [5.41, 5.74) is 0.200. The fourth-order valence-corrected chi connectivity index (χ4v) is 4.01. The van der Waals surface area contributed by atoms with Crippen molar-refractivity contribution in [3.8, 4) is 0 Å². The van der Waals surface area contributed by atoms with E-state index in [9.17, 15) is 10.1 Å². The molecular formula is C8H3I2NO2S. The van der Waals surface area contributed by atoms with Crippen molar-refractivity contribution in [1.29, 1.82) is 0 Å². The van der Waals surface area contributed by atoms with Gasteiger partial charge in [0.1, 0.15) is 0 Å². The highest BCUT2D eigenvalue weighted by Crippen LogP contribution is 2.37. The lowest BCUT2D eigenvalue weighted by Gasteiger charge is -1.96. The third-order valence-electron chi connectivity index (χ3n) is 1.80. The first kappa shape index (κ1) is 10.6. The lowest BCUT2D eigenvalue weighted by atomic mass is 10.2. The van der Waals surface area contributed by atoms with Gasteiger partial charge in [-0.05, 0) is 51.2 Å². The van der Waals surface area contributed by atoms with E-state index >= 15 is 0 Å². The summed E-state index contributed by atoms with van der Waals surface area (Å²) < 4.78 is 3.02. The maximum atomic E-state index is 10.8. The number of benzene rings is 1. The van der Waals surface area contributed by atoms with E-state index in [2.05, 4.69) is 45.2 Å². The molecule has 14 heavy (non-hydrogen) atoms. The zero-order valence-electron chi connectivity index (χ0n) is 6.66. The maximum Gasteiger partial charge on any atom is 0.279 e. The van der Waals surface area contributed by atoms with Gasteiger partial charge in [0.05, 0.1) is 15.0 Å². The van der Waals surface area contributed by atoms with Gasteiger partial charge in [-0.25, -0.2) is 0 Å². The molecule has 0 saturated heterocycles. The summed E-state index contributed by atoms with van der Waals surface area (Å²) in [6.07, 6.45) is 0. The van der Waals surface area contributed by atoms with Crippen LogP contribution in [0.5, 0.6) is 0 Å². The fourth-order valence-electron chi connectivity index (χ4n) is 1.21. The van der Waals surface area contributed by atoms with Crippen LogP contribution in [0.1, 0.15) is 0 Å². The Hall–Kier alpha value is 0.0400. The molecule has 72 valence electrons. The summed E-state index contributed by atoms with van der Waals surface area (Å²) in [7, 11) is 0. The molecule has 0 spiro atoms. The molecule has 0 bridgehead atoms. The van der Waals surface area contributed by atoms with E-state index in [1.54, 1.807) is 23.5 Å². The zero-order chi connectivity index (χ0) is 10.3. The highest BCUT2D eigenvalue weighted by atomic mass is 127. The second kappa shape index (κ2) is 3.89. The molecule has 2 rings (SSSR count). The molecule has 0 radical (unpaired) electrons. The van der Waals surface area contributed by atoms with Crippen LogP contribution in [0, 0.1) is 17.3 Å². The number of hydrogen-bond acceptors (Lipinski definition) is 3. The fraction of sp³-hybridized carbons (Fsp3) is 0. The number of nitro benzene ring substituents is 1. The molecule has 0 aliphatic rings. The van der Waals surface area contributed by atoms with E-state index in [1.165, 1.54) is 0 Å². The molecule has 0 atom stereocenters. The van der Waals surface area contributed by atoms with Crippen molar-refractivity contribution in [2.45, 2.75) is 0 Å². The maximum absolute atomic E-state index is 10.8. The van der Waals surface area contributed by atoms with Gasteiger partial charge in [-0.3, -0.25) is 10.1 Å². The molecule has 0 aliphatic carbocycles. The summed E-state index contributed by atoms with van der Waals surface area (Å²) in [5.74, 6) is 0. The van der Waals surface area contributed by atoms with E-state index in [-0.39, 0.29) is 10.6 Å². The van der Waals surface area contributed by atoms with Crippen LogP contribution in [0.2, 0.25) is 0 Å². The molecule has 0 saturated carbocycles. The first-order valence-corrected chi connectivity index (χ1v) is 6.64. The molecule has 6 heteroatoms. The van der Waals surface area contributed by atoms with E-state index in [0.29, 0.717) is 0 Å². The number of halogens is 2. The molecule has 0 amide bonds. The average molecular weight is 431 g/mol. The van der Waals surface area contributed by atoms with Gasteiger partial charge in [0, 0.05) is 18.6 Å². The van der Waals surface area contributed by atoms with Crippen molar-refractivity contribution >= 4 is 72.3 Å². The predicted molar refractivity (Wildman–Crippen MR) is 73.9 cm³/mol. The third-order valence-corrected chi connectivity index (χ3v) is 5.36. The summed E-state index contributed by atoms with van der Waals surface area (Å²) in [4.78, 5) is 10.5. The Morgan fingerprint density at radius 3 is 2.64 bits per heavy atom. The van der Waals surface area contributed by atoms with Crippen LogP contribution in [-0.4, -0.2) is 4.92 Å². The molecule has 1 aromatic carbocycles. The number of hydrogen-bond donors (Lipinski definition) is 0. The van der Waals surface area contributed by atoms with Gasteiger partial charge in [0.15, 0.2) is 0 Å². The van der Waals surface area contributed by atoms with Crippen molar-refractivity contribution in [3.05, 3.63) is 34.8 Å². The van der Waals surface area contributed by atoms with E-state index < -0.39 is 0 Å². The second-order valence-electron chi connectivity index (χ2n) is 2.61. The molecular weight excluding hydrogens is 428 g/mol. The van der Waals surface area contributed by atoms with Gasteiger partial charge in [0.2, 0.25) is 0 Å². The highest BCUT2D eigenvalue weighted by Gasteiger charge is 2.17. The highest BCUT2D eigenvalue weighted by molar-refractivity contribution is 14.1. The first-order valence-electron chi connectivity index (χ1n) is 3.61. The van der Waals surface area contributed by atoms with Gasteiger partial charge in [-0.15, -0.1) is 11.3 Å². The summed E-state index contributed by atoms with van der Waals surface area (Å²) in [5, 5.41) is 13.5. The quantitative estimate of drug-likeness (QED) is 0.389. The van der Waals surface area contributed by atoms with E-state index in [1.807, 2.05) is 5.38 Å². The lowest BCUT2D eigenvalue weighted by Crippen LogP contribution is -1.89. The number of nitrogens with zero attached hydrogens (tertiary/aromatic N) is 1. The Balaban J connectivity index is 2.92. The molecule has 0 unspecified atom stereocenters. The number of thiophene rings is 1. The predicted octanol–water partition coefficient (Wildman–Crippen LogP) is 4.02. The summed E-state index contributed by atoms with van der Waals surface area (Å²) in [6, 6.07) is 3.35. The third kappa shape index (κ3) is 1.63. The molecule has 0 aliphatic heterocycles. The number of non-ortho nitro benzene ring substituents is 1. The van der Waals surface area contributed by atoms with Crippen LogP contribution in [0.4, 0.5) is 5.69 Å². The van der Waals surface area contributed by atoms with Crippen molar-refractivity contribution in [2.24, 2.45) is 0 Å². The van der Waals surface area contributed by atoms with Gasteiger partial charge in [-0.2, -0.15) is 0 Å². The Morgan fingerprint density at radius 2 is 2.00 bits per heavy atom. The van der Waals surface area contributed by atoms with Crippen LogP contribution >= 0.6 is 56.5 Å². The van der Waals surface area contributed by atoms with Crippen molar-refractivity contribution in [1.82, 2.24) is 0 Å². The minimum Gasteiger partial charge on any atom is -0.258 e. The number of fused-ring (bicyclic) bond motifs is 1. The molecule has 1 aromatic heterocycles. The first-order chi connectivity index (χ1) is 6.61. The zero-order valence-corrected chi connectivity index (χ0v) is 11.8. The normalized spacial score (nSPS) is 10.7. The van der Waals surface area contributed by atoms with E-state index in [0.717, 1.165) is 17.2 Å². The number of nitro groups is 1. The molecule has 0 N–H and O–H groups in total. The average Bonchev–Trinajstić information content (AvgIpc) is 2.50. The molecule has 1 heterocycles. The van der Waals surface area contributed by atoms with Gasteiger partial charge >= 0.3 is 0 Å². The van der Waals surface area contributed by atoms with Crippen molar-refractivity contribution < 1.29 is 4.92 Å². The Kier molecular flexibility index (Phi) is 2.93. The summed E-state index contributed by atoms with van der Waals surface area (Å²) >= 11 is 5.88. The van der Waals surface area contributed by atoms with Crippen molar-refractivity contribution in [3.63, 3.8) is 0 Å². The van der Waals surface area contributed by atoms with Crippen LogP contribution in [-0.2, 0) is 0 Å². The standard InChI is InChI=1S/C8H3I2NO2S/c9-4-1-2-6(11(12)13)7-5(10)3-14-8(4)7/h1-3H. The Morgan fingerprint density at radius 1 is 1.29 bits per heavy atom. The monoisotopic (exact) mass is 431 g/mol. The lowest BCUT2D eigenvalue weighted by molar-refractivity contribution is -0.383. The molecule has 0 fully saturated rings. The van der Waals surface area contributed by atoms with E-state index in [4.69, 9.17) is 0 Å². The minimum atomic E-state index is -0.326. The minimum absolute atomic E-state index is 0.200. The van der Waals surface area contributed by atoms with Gasteiger partial charge in [-0.1, -0.05) is 0 Å². The molecule has 2 aromatic rings. The second-order valence-corrected chi connectivity index (χ2v) is 5.82. The Labute approximate surface area is 111 Å². The van der Waals surface area contributed by atoms with Gasteiger partial charge < -0.3 is 0 Å². The number of rotatable bonds is 1. The Bertz CT molecular complexity index is 523. The largest absolute Gasteiger partial charge is 0.279 e. The summed E-state index contributed by atoms with van der Waals surface area (Å²) in [6.45, 7) is 0. The van der Waals surface area contributed by atoms with Crippen LogP contribution in [0.25, 0.3) is 10.1 Å². The molecule has 3 nitrogen and oxygen atoms in total. The van der Waals surface area contributed by atoms with Crippen LogP contribution < -0.4 is 0 Å². The van der Waals surface area contributed by atoms with Crippen molar-refractivity contribution in [2.75, 3.05) is 0 Å².